The minimum Gasteiger partial charge on any atom is -0.497 e. The number of ether oxygens (including phenoxy) is 2. The minimum absolute atomic E-state index is 0.696. The molecule has 0 radical (unpaired) electrons. The fourth-order valence-corrected chi connectivity index (χ4v) is 4.71. The molecule has 0 fully saturated rings. The van der Waals surface area contributed by atoms with Gasteiger partial charge >= 0.3 is 0 Å². The van der Waals surface area contributed by atoms with Crippen LogP contribution in [-0.2, 0) is 0 Å². The first-order valence-electron chi connectivity index (χ1n) is 12.4. The van der Waals surface area contributed by atoms with Crippen molar-refractivity contribution in [1.29, 1.82) is 0 Å². The van der Waals surface area contributed by atoms with Crippen molar-refractivity contribution < 1.29 is 9.47 Å². The minimum atomic E-state index is 0.696. The SMILES string of the molecule is COc1ccc(-c2nc3ncc(-c4ccc5cc(C)c(-c6ccc(OC)cc6)nc5n4)cc3cc2C)cc1. The van der Waals surface area contributed by atoms with E-state index in [9.17, 15) is 0 Å². The molecule has 6 nitrogen and oxygen atoms in total. The summed E-state index contributed by atoms with van der Waals surface area (Å²) in [6.07, 6.45) is 1.83. The molecule has 0 aliphatic rings. The standard InChI is InChI=1S/C32H26N4O2/c1-19-15-23-9-14-28(34-32(23)36-30(19)22-7-12-27(38-4)13-8-22)25-17-24-16-20(2)29(35-31(24)33-18-25)21-5-10-26(37-3)11-6-21/h5-18H,1-4H3. The van der Waals surface area contributed by atoms with E-state index in [1.165, 1.54) is 0 Å². The van der Waals surface area contributed by atoms with Gasteiger partial charge in [-0.05, 0) is 104 Å². The fourth-order valence-electron chi connectivity index (χ4n) is 4.71. The van der Waals surface area contributed by atoms with Crippen LogP contribution in [0.2, 0.25) is 0 Å². The molecule has 0 aliphatic heterocycles. The molecule has 0 atom stereocenters. The lowest BCUT2D eigenvalue weighted by molar-refractivity contribution is 0.415. The van der Waals surface area contributed by atoms with Gasteiger partial charge in [0.1, 0.15) is 11.5 Å². The van der Waals surface area contributed by atoms with Crippen molar-refractivity contribution in [2.75, 3.05) is 14.2 Å². The lowest BCUT2D eigenvalue weighted by atomic mass is 10.0. The highest BCUT2D eigenvalue weighted by Crippen LogP contribution is 2.30. The maximum atomic E-state index is 5.30. The zero-order chi connectivity index (χ0) is 26.2. The molecule has 6 rings (SSSR count). The van der Waals surface area contributed by atoms with Crippen molar-refractivity contribution >= 4 is 22.1 Å². The van der Waals surface area contributed by atoms with Crippen molar-refractivity contribution in [3.05, 3.63) is 96.2 Å². The zero-order valence-corrected chi connectivity index (χ0v) is 21.7. The molecule has 0 amide bonds. The van der Waals surface area contributed by atoms with Gasteiger partial charge in [-0.15, -0.1) is 0 Å². The van der Waals surface area contributed by atoms with Crippen molar-refractivity contribution in [3.63, 3.8) is 0 Å². The number of pyridine rings is 4. The molecule has 4 aromatic heterocycles. The number of hydrogen-bond donors (Lipinski definition) is 0. The van der Waals surface area contributed by atoms with Gasteiger partial charge in [-0.2, -0.15) is 0 Å². The third kappa shape index (κ3) is 4.30. The molecule has 186 valence electrons. The Balaban J connectivity index is 1.38. The number of benzene rings is 2. The molecule has 6 heteroatoms. The summed E-state index contributed by atoms with van der Waals surface area (Å²) in [7, 11) is 3.33. The van der Waals surface area contributed by atoms with Gasteiger partial charge in [-0.1, -0.05) is 0 Å². The lowest BCUT2D eigenvalue weighted by Crippen LogP contribution is -1.96. The largest absolute Gasteiger partial charge is 0.497 e. The van der Waals surface area contributed by atoms with Gasteiger partial charge in [-0.25, -0.2) is 19.9 Å². The van der Waals surface area contributed by atoms with Crippen LogP contribution in [0.5, 0.6) is 11.5 Å². The summed E-state index contributed by atoms with van der Waals surface area (Å²) in [6, 6.07) is 26.3. The lowest BCUT2D eigenvalue weighted by Gasteiger charge is -2.10. The first kappa shape index (κ1) is 23.6. The molecule has 0 aliphatic carbocycles. The van der Waals surface area contributed by atoms with Gasteiger partial charge in [0.2, 0.25) is 0 Å². The highest BCUT2D eigenvalue weighted by Gasteiger charge is 2.12. The molecule has 0 unspecified atom stereocenters. The van der Waals surface area contributed by atoms with Crippen LogP contribution in [0, 0.1) is 13.8 Å². The predicted molar refractivity (Wildman–Crippen MR) is 152 cm³/mol. The normalized spacial score (nSPS) is 11.2. The van der Waals surface area contributed by atoms with Gasteiger partial charge in [0, 0.05) is 33.7 Å². The van der Waals surface area contributed by atoms with Gasteiger partial charge in [0.05, 0.1) is 31.3 Å². The van der Waals surface area contributed by atoms with Crippen molar-refractivity contribution in [2.24, 2.45) is 0 Å². The third-order valence-corrected chi connectivity index (χ3v) is 6.75. The van der Waals surface area contributed by atoms with Crippen molar-refractivity contribution in [1.82, 2.24) is 19.9 Å². The van der Waals surface area contributed by atoms with Crippen LogP contribution in [0.1, 0.15) is 11.1 Å². The third-order valence-electron chi connectivity index (χ3n) is 6.75. The summed E-state index contributed by atoms with van der Waals surface area (Å²) in [4.78, 5) is 19.4. The summed E-state index contributed by atoms with van der Waals surface area (Å²) < 4.78 is 10.6. The topological polar surface area (TPSA) is 70.0 Å². The van der Waals surface area contributed by atoms with Crippen molar-refractivity contribution in [2.45, 2.75) is 13.8 Å². The summed E-state index contributed by atoms with van der Waals surface area (Å²) in [5, 5.41) is 1.97. The average molecular weight is 499 g/mol. The summed E-state index contributed by atoms with van der Waals surface area (Å²) in [5.41, 5.74) is 9.19. The van der Waals surface area contributed by atoms with E-state index in [4.69, 9.17) is 24.4 Å². The van der Waals surface area contributed by atoms with E-state index in [2.05, 4.69) is 43.1 Å². The van der Waals surface area contributed by atoms with E-state index in [0.29, 0.717) is 11.3 Å². The van der Waals surface area contributed by atoms with Crippen LogP contribution in [0.4, 0.5) is 0 Å². The second-order valence-corrected chi connectivity index (χ2v) is 9.28. The number of rotatable bonds is 5. The summed E-state index contributed by atoms with van der Waals surface area (Å²) in [6.45, 7) is 4.14. The Morgan fingerprint density at radius 1 is 0.526 bits per heavy atom. The Kier molecular flexibility index (Phi) is 5.92. The molecule has 6 aromatic rings. The van der Waals surface area contributed by atoms with Crippen molar-refractivity contribution in [3.8, 4) is 45.3 Å². The molecule has 2 aromatic carbocycles. The van der Waals surface area contributed by atoms with Crippen LogP contribution >= 0.6 is 0 Å². The van der Waals surface area contributed by atoms with E-state index >= 15 is 0 Å². The Morgan fingerprint density at radius 3 is 1.66 bits per heavy atom. The predicted octanol–water partition coefficient (Wildman–Crippen LogP) is 7.21. The smallest absolute Gasteiger partial charge is 0.160 e. The molecule has 0 saturated heterocycles. The summed E-state index contributed by atoms with van der Waals surface area (Å²) in [5.74, 6) is 1.64. The fraction of sp³-hybridized carbons (Fsp3) is 0.125. The number of hydrogen-bond acceptors (Lipinski definition) is 6. The number of fused-ring (bicyclic) bond motifs is 2. The van der Waals surface area contributed by atoms with Gasteiger partial charge in [0.25, 0.3) is 0 Å². The Labute approximate surface area is 221 Å². The van der Waals surface area contributed by atoms with E-state index < -0.39 is 0 Å². The van der Waals surface area contributed by atoms with Gasteiger partial charge in [-0.3, -0.25) is 0 Å². The maximum Gasteiger partial charge on any atom is 0.160 e. The van der Waals surface area contributed by atoms with E-state index in [-0.39, 0.29) is 0 Å². The zero-order valence-electron chi connectivity index (χ0n) is 21.7. The van der Waals surface area contributed by atoms with Crippen LogP contribution in [0.25, 0.3) is 55.8 Å². The first-order valence-corrected chi connectivity index (χ1v) is 12.4. The van der Waals surface area contributed by atoms with Crippen LogP contribution in [-0.4, -0.2) is 34.2 Å². The number of methoxy groups -OCH3 is 2. The molecular formula is C32H26N4O2. The van der Waals surface area contributed by atoms with Crippen LogP contribution in [0.3, 0.4) is 0 Å². The number of nitrogens with zero attached hydrogens (tertiary/aromatic N) is 4. The van der Waals surface area contributed by atoms with E-state index in [0.717, 1.165) is 67.2 Å². The second kappa shape index (κ2) is 9.56. The van der Waals surface area contributed by atoms with Gasteiger partial charge in [0.15, 0.2) is 11.3 Å². The molecule has 0 N–H and O–H groups in total. The Hall–Kier alpha value is -4.84. The quantitative estimate of drug-likeness (QED) is 0.250. The average Bonchev–Trinajstić information content (AvgIpc) is 2.96. The Bertz CT molecular complexity index is 1800. The molecule has 0 bridgehead atoms. The molecule has 0 spiro atoms. The van der Waals surface area contributed by atoms with Crippen LogP contribution < -0.4 is 9.47 Å². The number of aryl methyl sites for hydroxylation is 2. The maximum absolute atomic E-state index is 5.30. The molecule has 0 saturated carbocycles. The highest BCUT2D eigenvalue weighted by atomic mass is 16.5. The van der Waals surface area contributed by atoms with Crippen LogP contribution in [0.15, 0.2) is 85.1 Å². The number of aromatic nitrogens is 4. The van der Waals surface area contributed by atoms with E-state index in [1.54, 1.807) is 14.2 Å². The molecule has 38 heavy (non-hydrogen) atoms. The second-order valence-electron chi connectivity index (χ2n) is 9.28. The monoisotopic (exact) mass is 498 g/mol. The van der Waals surface area contributed by atoms with E-state index in [1.807, 2.05) is 60.8 Å². The first-order chi connectivity index (χ1) is 18.5. The highest BCUT2D eigenvalue weighted by molar-refractivity contribution is 5.86. The molecule has 4 heterocycles. The Morgan fingerprint density at radius 2 is 1.08 bits per heavy atom. The summed E-state index contributed by atoms with van der Waals surface area (Å²) >= 11 is 0. The van der Waals surface area contributed by atoms with Gasteiger partial charge < -0.3 is 9.47 Å². The molecular weight excluding hydrogens is 472 g/mol.